The number of hydrogen-bond acceptors (Lipinski definition) is 6. The van der Waals surface area contributed by atoms with Crippen molar-refractivity contribution in [1.29, 1.82) is 0 Å². The van der Waals surface area contributed by atoms with Gasteiger partial charge in [-0.3, -0.25) is 19.4 Å². The molecule has 0 bridgehead atoms. The van der Waals surface area contributed by atoms with Crippen LogP contribution in [0.1, 0.15) is 16.2 Å². The van der Waals surface area contributed by atoms with Gasteiger partial charge in [0.15, 0.2) is 6.61 Å². The molecule has 3 heterocycles. The molecule has 30 heavy (non-hydrogen) atoms. The number of nitrogens with zero attached hydrogens (tertiary/aromatic N) is 4. The molecule has 0 saturated heterocycles. The zero-order chi connectivity index (χ0) is 21.7. The number of hydrogen-bond donors (Lipinski definition) is 2. The Morgan fingerprint density at radius 2 is 2.07 bits per heavy atom. The van der Waals surface area contributed by atoms with Crippen LogP contribution in [0.25, 0.3) is 10.9 Å². The summed E-state index contributed by atoms with van der Waals surface area (Å²) in [6, 6.07) is 4.44. The lowest BCUT2D eigenvalue weighted by Crippen LogP contribution is -2.33. The standard InChI is InChI=1S/C18H17F4N5O3/c19-17(20)18(21,22)10-30-12-2-1-11(25-7-12)8-27-9-13-14(26-27)3-4-23-15(13)16(29)24-5-6-28/h1-4,7,9,17,28H,5-6,8,10H2,(H,24,29). The first-order valence-corrected chi connectivity index (χ1v) is 8.75. The van der Waals surface area contributed by atoms with Gasteiger partial charge in [0, 0.05) is 18.9 Å². The first kappa shape index (κ1) is 21.4. The number of aliphatic hydroxyl groups is 1. The highest BCUT2D eigenvalue weighted by Crippen LogP contribution is 2.24. The van der Waals surface area contributed by atoms with Crippen molar-refractivity contribution in [2.75, 3.05) is 19.8 Å². The van der Waals surface area contributed by atoms with E-state index >= 15 is 0 Å². The monoisotopic (exact) mass is 427 g/mol. The first-order chi connectivity index (χ1) is 14.3. The average Bonchev–Trinajstić information content (AvgIpc) is 3.13. The third-order valence-electron chi connectivity index (χ3n) is 3.97. The lowest BCUT2D eigenvalue weighted by Gasteiger charge is -2.15. The number of alkyl halides is 4. The second kappa shape index (κ2) is 9.03. The Bertz CT molecular complexity index is 1010. The summed E-state index contributed by atoms with van der Waals surface area (Å²) in [5.41, 5.74) is 1.17. The summed E-state index contributed by atoms with van der Waals surface area (Å²) in [6.07, 6.45) is 0.373. The lowest BCUT2D eigenvalue weighted by molar-refractivity contribution is -0.148. The van der Waals surface area contributed by atoms with E-state index in [1.165, 1.54) is 23.0 Å². The summed E-state index contributed by atoms with van der Waals surface area (Å²) in [7, 11) is 0. The molecule has 0 aliphatic carbocycles. The van der Waals surface area contributed by atoms with Crippen molar-refractivity contribution < 1.29 is 32.2 Å². The van der Waals surface area contributed by atoms with E-state index in [-0.39, 0.29) is 31.1 Å². The van der Waals surface area contributed by atoms with Gasteiger partial charge in [-0.05, 0) is 18.2 Å². The van der Waals surface area contributed by atoms with E-state index in [1.807, 2.05) is 0 Å². The summed E-state index contributed by atoms with van der Waals surface area (Å²) < 4.78 is 56.3. The Labute approximate surface area is 167 Å². The fraction of sp³-hybridized carbons (Fsp3) is 0.333. The number of amides is 1. The number of aromatic nitrogens is 4. The van der Waals surface area contributed by atoms with Crippen LogP contribution in [0.15, 0.2) is 36.8 Å². The molecule has 3 rings (SSSR count). The number of fused-ring (bicyclic) bond motifs is 1. The molecule has 0 atom stereocenters. The molecule has 3 aromatic heterocycles. The van der Waals surface area contributed by atoms with Gasteiger partial charge in [-0.25, -0.2) is 8.78 Å². The van der Waals surface area contributed by atoms with Crippen molar-refractivity contribution in [3.05, 3.63) is 48.2 Å². The number of ether oxygens (including phenoxy) is 1. The third kappa shape index (κ3) is 5.00. The normalized spacial score (nSPS) is 11.8. The molecule has 0 aromatic carbocycles. The Morgan fingerprint density at radius 3 is 2.73 bits per heavy atom. The minimum Gasteiger partial charge on any atom is -0.485 e. The van der Waals surface area contributed by atoms with E-state index in [0.29, 0.717) is 16.6 Å². The minimum absolute atomic E-state index is 0.0725. The van der Waals surface area contributed by atoms with E-state index in [2.05, 4.69) is 25.1 Å². The molecule has 0 unspecified atom stereocenters. The van der Waals surface area contributed by atoms with Gasteiger partial charge in [0.05, 0.1) is 35.9 Å². The molecule has 2 N–H and O–H groups in total. The Kier molecular flexibility index (Phi) is 6.45. The number of carbonyl (C=O) groups excluding carboxylic acids is 1. The second-order valence-electron chi connectivity index (χ2n) is 6.23. The zero-order valence-electron chi connectivity index (χ0n) is 15.4. The summed E-state index contributed by atoms with van der Waals surface area (Å²) in [5, 5.41) is 16.2. The van der Waals surface area contributed by atoms with Crippen LogP contribution >= 0.6 is 0 Å². The largest absolute Gasteiger partial charge is 0.485 e. The lowest BCUT2D eigenvalue weighted by atomic mass is 10.2. The summed E-state index contributed by atoms with van der Waals surface area (Å²) in [5.74, 6) is -4.77. The number of rotatable bonds is 9. The van der Waals surface area contributed by atoms with Crippen LogP contribution < -0.4 is 10.1 Å². The fourth-order valence-corrected chi connectivity index (χ4v) is 2.51. The van der Waals surface area contributed by atoms with Gasteiger partial charge in [-0.15, -0.1) is 0 Å². The summed E-state index contributed by atoms with van der Waals surface area (Å²) in [4.78, 5) is 20.2. The maximum Gasteiger partial charge on any atom is 0.340 e. The maximum atomic E-state index is 12.9. The van der Waals surface area contributed by atoms with Crippen LogP contribution in [0.5, 0.6) is 5.75 Å². The molecule has 0 aliphatic heterocycles. The fourth-order valence-electron chi connectivity index (χ4n) is 2.51. The van der Waals surface area contributed by atoms with Gasteiger partial charge in [0.25, 0.3) is 5.91 Å². The predicted octanol–water partition coefficient (Wildman–Crippen LogP) is 1.88. The molecule has 0 saturated carbocycles. The topological polar surface area (TPSA) is 102 Å². The van der Waals surface area contributed by atoms with Gasteiger partial charge >= 0.3 is 12.3 Å². The molecule has 0 aliphatic rings. The van der Waals surface area contributed by atoms with Crippen LogP contribution in [-0.2, 0) is 6.54 Å². The zero-order valence-corrected chi connectivity index (χ0v) is 15.4. The van der Waals surface area contributed by atoms with Crippen molar-refractivity contribution in [2.45, 2.75) is 18.9 Å². The summed E-state index contributed by atoms with van der Waals surface area (Å²) >= 11 is 0. The highest BCUT2D eigenvalue weighted by molar-refractivity contribution is 6.04. The number of pyridine rings is 2. The van der Waals surface area contributed by atoms with Gasteiger partial charge in [-0.2, -0.15) is 13.9 Å². The van der Waals surface area contributed by atoms with E-state index in [0.717, 1.165) is 6.20 Å². The molecule has 0 fully saturated rings. The van der Waals surface area contributed by atoms with Crippen molar-refractivity contribution in [2.24, 2.45) is 0 Å². The molecule has 160 valence electrons. The number of nitrogens with one attached hydrogen (secondary N) is 1. The molecule has 8 nitrogen and oxygen atoms in total. The molecule has 12 heteroatoms. The molecular weight excluding hydrogens is 410 g/mol. The van der Waals surface area contributed by atoms with E-state index in [1.54, 1.807) is 12.3 Å². The predicted molar refractivity (Wildman–Crippen MR) is 96.7 cm³/mol. The van der Waals surface area contributed by atoms with Crippen molar-refractivity contribution in [3.63, 3.8) is 0 Å². The second-order valence-corrected chi connectivity index (χ2v) is 6.23. The number of halogens is 4. The number of aliphatic hydroxyl groups excluding tert-OH is 1. The minimum atomic E-state index is -4.25. The summed E-state index contributed by atoms with van der Waals surface area (Å²) in [6.45, 7) is -1.37. The van der Waals surface area contributed by atoms with E-state index < -0.39 is 24.9 Å². The smallest absolute Gasteiger partial charge is 0.340 e. The quantitative estimate of drug-likeness (QED) is 0.506. The Hall–Kier alpha value is -3.28. The molecule has 0 radical (unpaired) electrons. The van der Waals surface area contributed by atoms with Crippen LogP contribution in [0, 0.1) is 0 Å². The van der Waals surface area contributed by atoms with Crippen LogP contribution in [0.2, 0.25) is 0 Å². The SMILES string of the molecule is O=C(NCCO)c1nccc2nn(Cc3ccc(OCC(F)(F)C(F)F)cn3)cc12. The Morgan fingerprint density at radius 1 is 1.27 bits per heavy atom. The van der Waals surface area contributed by atoms with Gasteiger partial charge in [0.1, 0.15) is 11.4 Å². The van der Waals surface area contributed by atoms with Gasteiger partial charge in [0.2, 0.25) is 0 Å². The van der Waals surface area contributed by atoms with E-state index in [9.17, 15) is 22.4 Å². The van der Waals surface area contributed by atoms with Gasteiger partial charge < -0.3 is 15.2 Å². The first-order valence-electron chi connectivity index (χ1n) is 8.75. The Balaban J connectivity index is 1.70. The third-order valence-corrected chi connectivity index (χ3v) is 3.97. The van der Waals surface area contributed by atoms with Crippen molar-refractivity contribution in [1.82, 2.24) is 25.1 Å². The highest BCUT2D eigenvalue weighted by atomic mass is 19.3. The van der Waals surface area contributed by atoms with Crippen LogP contribution in [0.3, 0.4) is 0 Å². The average molecular weight is 427 g/mol. The highest BCUT2D eigenvalue weighted by Gasteiger charge is 2.41. The molecular formula is C18H17F4N5O3. The van der Waals surface area contributed by atoms with Crippen molar-refractivity contribution >= 4 is 16.8 Å². The maximum absolute atomic E-state index is 12.9. The van der Waals surface area contributed by atoms with Crippen LogP contribution in [-0.4, -0.2) is 62.9 Å². The molecule has 3 aromatic rings. The molecule has 0 spiro atoms. The molecule has 1 amide bonds. The van der Waals surface area contributed by atoms with E-state index in [4.69, 9.17) is 5.11 Å². The van der Waals surface area contributed by atoms with Crippen molar-refractivity contribution in [3.8, 4) is 5.75 Å². The van der Waals surface area contributed by atoms with Gasteiger partial charge in [-0.1, -0.05) is 0 Å². The van der Waals surface area contributed by atoms with Crippen LogP contribution in [0.4, 0.5) is 17.6 Å². The number of carbonyl (C=O) groups is 1.